The molecule has 0 saturated carbocycles. The highest BCUT2D eigenvalue weighted by atomic mass is 16.5. The SMILES string of the molecule is CB(O)N1C[C@@H](c2nc(C)no2)CC[C@@H]1C.CB(O)N1C[C@H](c2nc(C)no2)CC[C@@H]1C.COC(=O)C1CC[C@H](C)N(B(C)O)C1.COC(=O)C1CC[C@H](C)NC1.COC(=O)c1ccc(C)nc1.Cc1noc(C2CC[C@H](C)NC2)n1.Cc1noc([C@@H]2CC[C@H](C)NC2)n1. The second-order valence-electron chi connectivity index (χ2n) is 26.1. The van der Waals surface area contributed by atoms with E-state index in [9.17, 15) is 29.5 Å². The van der Waals surface area contributed by atoms with Crippen LogP contribution in [-0.2, 0) is 23.8 Å². The number of hydrogen-bond acceptors (Lipinski definition) is 28. The Morgan fingerprint density at radius 2 is 0.798 bits per heavy atom. The maximum absolute atomic E-state index is 11.3. The van der Waals surface area contributed by atoms with E-state index in [0.717, 1.165) is 126 Å². The van der Waals surface area contributed by atoms with E-state index in [1.165, 1.54) is 40.4 Å². The number of aromatic nitrogens is 9. The summed E-state index contributed by atoms with van der Waals surface area (Å²) in [5.74, 6) is 6.55. The smallest absolute Gasteiger partial charge is 0.376 e. The van der Waals surface area contributed by atoms with Crippen molar-refractivity contribution in [2.24, 2.45) is 11.8 Å². The van der Waals surface area contributed by atoms with Gasteiger partial charge in [-0.3, -0.25) is 14.6 Å². The highest BCUT2D eigenvalue weighted by Crippen LogP contribution is 2.32. The molecule has 0 bridgehead atoms. The number of esters is 3. The maximum Gasteiger partial charge on any atom is 0.376 e. The summed E-state index contributed by atoms with van der Waals surface area (Å²) >= 11 is 0. The number of ether oxygens (including phenoxy) is 3. The molecule has 5 aromatic heterocycles. The highest BCUT2D eigenvalue weighted by molar-refractivity contribution is 6.46. The van der Waals surface area contributed by atoms with Gasteiger partial charge in [-0.15, -0.1) is 0 Å². The Hall–Kier alpha value is -6.05. The van der Waals surface area contributed by atoms with Crippen molar-refractivity contribution < 1.29 is 61.8 Å². The lowest BCUT2D eigenvalue weighted by Gasteiger charge is -2.37. The first-order valence-corrected chi connectivity index (χ1v) is 33.6. The van der Waals surface area contributed by atoms with E-state index in [2.05, 4.69) is 122 Å². The molecule has 522 valence electrons. The standard InChI is InChI=1S/2C10H18BN3O2.C9H18BNO3.2C9H15N3O.C8H15NO2.C8H9NO2/c2*1-7-4-5-9(6-14(7)11(3)15)10-12-8(2)13-16-10;1-7-4-5-8(9(12)14-3)6-11(7)10(2)13;2*1-6-3-4-8(5-10-6)9-11-7(2)12-13-9;2*1-6-3-4-7(5-9-6)8(10)11-2/h2*7,9,15H,4-6H2,1-3H3;7-8,13H,4-6H2,1-3H3;2*6,8,10H,3-5H2,1-2H3;6-7,9H,3-5H2,1-2H3;3-5H,1-2H3/t7-,9+;7-,9-;7-,8?;6-,8?;6-,8+;6-,7?;/m000000./s1. The number of pyridine rings is 1. The Morgan fingerprint density at radius 1 is 0.457 bits per heavy atom. The lowest BCUT2D eigenvalue weighted by molar-refractivity contribution is -0.147. The van der Waals surface area contributed by atoms with E-state index in [1.807, 2.05) is 39.4 Å². The molecular formula is C63H108B3N15O13. The zero-order valence-electron chi connectivity index (χ0n) is 58.9. The first-order chi connectivity index (χ1) is 44.7. The van der Waals surface area contributed by atoms with Crippen LogP contribution in [0.2, 0.25) is 20.5 Å². The fourth-order valence-corrected chi connectivity index (χ4v) is 12.1. The van der Waals surface area contributed by atoms with E-state index >= 15 is 0 Å². The summed E-state index contributed by atoms with van der Waals surface area (Å²) in [6.07, 6.45) is 14.2. The lowest BCUT2D eigenvalue weighted by atomic mass is 9.78. The molecule has 0 aromatic carbocycles. The van der Waals surface area contributed by atoms with Crippen LogP contribution < -0.4 is 16.0 Å². The Bertz CT molecular complexity index is 2820. The third kappa shape index (κ3) is 25.8. The van der Waals surface area contributed by atoms with Crippen molar-refractivity contribution in [2.75, 3.05) is 60.6 Å². The molecule has 11 heterocycles. The minimum absolute atomic E-state index is 0.0780. The normalized spacial score (nSPS) is 26.3. The Labute approximate surface area is 557 Å². The molecular weight excluding hydrogens is 1210 g/mol. The van der Waals surface area contributed by atoms with Crippen molar-refractivity contribution in [3.63, 3.8) is 0 Å². The predicted octanol–water partition coefficient (Wildman–Crippen LogP) is 6.67. The van der Waals surface area contributed by atoms with Gasteiger partial charge < -0.3 is 77.8 Å². The average molecular weight is 1320 g/mol. The van der Waals surface area contributed by atoms with E-state index in [4.69, 9.17) is 22.8 Å². The van der Waals surface area contributed by atoms with Crippen molar-refractivity contribution in [1.82, 2.24) is 75.9 Å². The Balaban J connectivity index is 0.000000200. The van der Waals surface area contributed by atoms with E-state index in [0.29, 0.717) is 83.6 Å². The van der Waals surface area contributed by atoms with E-state index < -0.39 is 21.2 Å². The zero-order chi connectivity index (χ0) is 69.2. The number of methoxy groups -OCH3 is 3. The van der Waals surface area contributed by atoms with Crippen molar-refractivity contribution in [2.45, 2.75) is 234 Å². The molecule has 6 aliphatic rings. The first kappa shape index (κ1) is 78.6. The van der Waals surface area contributed by atoms with Crippen LogP contribution in [0, 0.1) is 46.5 Å². The van der Waals surface area contributed by atoms with Crippen LogP contribution in [0.4, 0.5) is 0 Å². The molecule has 6 aliphatic heterocycles. The minimum atomic E-state index is -0.488. The highest BCUT2D eigenvalue weighted by Gasteiger charge is 2.36. The van der Waals surface area contributed by atoms with Gasteiger partial charge in [-0.05, 0) is 183 Å². The summed E-state index contributed by atoms with van der Waals surface area (Å²) in [7, 11) is 2.89. The summed E-state index contributed by atoms with van der Waals surface area (Å²) in [6, 6.07) is 6.44. The van der Waals surface area contributed by atoms with Crippen LogP contribution in [0.1, 0.15) is 205 Å². The van der Waals surface area contributed by atoms with Gasteiger partial charge in [-0.25, -0.2) is 4.79 Å². The number of piperidine rings is 6. The second-order valence-corrected chi connectivity index (χ2v) is 26.1. The third-order valence-electron chi connectivity index (χ3n) is 18.2. The Kier molecular flexibility index (Phi) is 33.4. The topological polar surface area (TPSA) is 354 Å². The summed E-state index contributed by atoms with van der Waals surface area (Å²) in [5, 5.41) is 54.1. The third-order valence-corrected chi connectivity index (χ3v) is 18.2. The molecule has 0 radical (unpaired) electrons. The molecule has 5 aromatic rings. The van der Waals surface area contributed by atoms with Crippen molar-refractivity contribution in [1.29, 1.82) is 0 Å². The fraction of sp³-hybridized carbons (Fsp3) is 0.746. The molecule has 0 amide bonds. The number of carbonyl (C=O) groups excluding carboxylic acids is 3. The number of hydrogen-bond donors (Lipinski definition) is 6. The number of aryl methyl sites for hydroxylation is 5. The van der Waals surface area contributed by atoms with E-state index in [-0.39, 0.29) is 41.6 Å². The number of carbonyl (C=O) groups is 3. The van der Waals surface area contributed by atoms with Gasteiger partial charge in [0.05, 0.1) is 62.4 Å². The Morgan fingerprint density at radius 3 is 1.11 bits per heavy atom. The number of nitrogens with zero attached hydrogens (tertiary/aromatic N) is 12. The van der Waals surface area contributed by atoms with Crippen molar-refractivity contribution >= 4 is 39.1 Å². The van der Waals surface area contributed by atoms with Gasteiger partial charge in [-0.2, -0.15) is 19.9 Å². The molecule has 6 N–H and O–H groups in total. The molecule has 28 nitrogen and oxygen atoms in total. The largest absolute Gasteiger partial charge is 0.469 e. The van der Waals surface area contributed by atoms with Crippen LogP contribution in [-0.4, -0.2) is 211 Å². The molecule has 94 heavy (non-hydrogen) atoms. The monoisotopic (exact) mass is 1320 g/mol. The summed E-state index contributed by atoms with van der Waals surface area (Å²) in [4.78, 5) is 60.2. The van der Waals surface area contributed by atoms with Gasteiger partial charge in [0.25, 0.3) is 0 Å². The molecule has 0 spiro atoms. The van der Waals surface area contributed by atoms with Crippen LogP contribution >= 0.6 is 0 Å². The fourth-order valence-electron chi connectivity index (χ4n) is 12.1. The second kappa shape index (κ2) is 39.9. The zero-order valence-corrected chi connectivity index (χ0v) is 58.9. The molecule has 31 heteroatoms. The molecule has 12 atom stereocenters. The molecule has 11 rings (SSSR count). The van der Waals surface area contributed by atoms with Crippen molar-refractivity contribution in [3.8, 4) is 0 Å². The molecule has 0 aliphatic carbocycles. The molecule has 3 unspecified atom stereocenters. The van der Waals surface area contributed by atoms with Gasteiger partial charge in [0.2, 0.25) is 23.6 Å². The van der Waals surface area contributed by atoms with Crippen LogP contribution in [0.5, 0.6) is 0 Å². The first-order valence-electron chi connectivity index (χ1n) is 33.6. The quantitative estimate of drug-likeness (QED) is 0.0482. The van der Waals surface area contributed by atoms with Gasteiger partial charge in [0.15, 0.2) is 23.3 Å². The maximum atomic E-state index is 11.3. The van der Waals surface area contributed by atoms with Gasteiger partial charge in [0.1, 0.15) is 0 Å². The van der Waals surface area contributed by atoms with Crippen LogP contribution in [0.3, 0.4) is 0 Å². The van der Waals surface area contributed by atoms with Crippen molar-refractivity contribution in [3.05, 3.63) is 76.4 Å². The summed E-state index contributed by atoms with van der Waals surface area (Å²) < 4.78 is 34.5. The summed E-state index contributed by atoms with van der Waals surface area (Å²) in [5.41, 5.74) is 1.37. The van der Waals surface area contributed by atoms with Gasteiger partial charge in [0, 0.05) is 69.3 Å². The molecule has 6 saturated heterocycles. The number of rotatable bonds is 10. The molecule has 6 fully saturated rings. The van der Waals surface area contributed by atoms with Gasteiger partial charge in [-0.1, -0.05) is 41.4 Å². The number of nitrogens with one attached hydrogen (secondary N) is 3. The van der Waals surface area contributed by atoms with Crippen LogP contribution in [0.25, 0.3) is 0 Å². The predicted molar refractivity (Wildman–Crippen MR) is 356 cm³/mol. The average Bonchev–Trinajstić information content (AvgIpc) is 2.14. The lowest BCUT2D eigenvalue weighted by Crippen LogP contribution is -2.50. The summed E-state index contributed by atoms with van der Waals surface area (Å²) in [6.45, 7) is 32.3. The van der Waals surface area contributed by atoms with Gasteiger partial charge >= 0.3 is 39.1 Å². The van der Waals surface area contributed by atoms with E-state index in [1.54, 1.807) is 32.6 Å². The van der Waals surface area contributed by atoms with Crippen LogP contribution in [0.15, 0.2) is 36.4 Å². The minimum Gasteiger partial charge on any atom is -0.469 e.